The molecule has 0 aliphatic heterocycles. The lowest BCUT2D eigenvalue weighted by Gasteiger charge is -2.19. The van der Waals surface area contributed by atoms with Crippen LogP contribution in [0.5, 0.6) is 0 Å². The normalized spacial score (nSPS) is 14.6. The Morgan fingerprint density at radius 2 is 0.950 bits per heavy atom. The van der Waals surface area contributed by atoms with Crippen LogP contribution in [0, 0.1) is 5.92 Å². The molecule has 1 unspecified atom stereocenters. The Balaban J connectivity index is 1.12. The van der Waals surface area contributed by atoms with Crippen LogP contribution in [0.2, 0.25) is 0 Å². The van der Waals surface area contributed by atoms with Gasteiger partial charge < -0.3 is 9.13 Å². The molecule has 8 aromatic carbocycles. The molecule has 0 N–H and O–H groups in total. The lowest BCUT2D eigenvalue weighted by atomic mass is 9.89. The maximum absolute atomic E-state index is 5.46. The van der Waals surface area contributed by atoms with E-state index in [-0.39, 0.29) is 0 Å². The monoisotopic (exact) mass is 767 g/mol. The summed E-state index contributed by atoms with van der Waals surface area (Å²) in [6, 6.07) is 61.6. The Hall–Kier alpha value is -7.76. The van der Waals surface area contributed by atoms with E-state index in [9.17, 15) is 0 Å². The highest BCUT2D eigenvalue weighted by Crippen LogP contribution is 2.45. The third-order valence-electron chi connectivity index (χ3n) is 12.9. The molecule has 0 saturated heterocycles. The van der Waals surface area contributed by atoms with Gasteiger partial charge in [0.15, 0.2) is 0 Å². The van der Waals surface area contributed by atoms with Gasteiger partial charge in [-0.2, -0.15) is 0 Å². The molecule has 60 heavy (non-hydrogen) atoms. The molecule has 0 spiro atoms. The van der Waals surface area contributed by atoms with Crippen molar-refractivity contribution in [1.82, 2.24) is 23.7 Å². The zero-order valence-corrected chi connectivity index (χ0v) is 32.9. The van der Waals surface area contributed by atoms with Crippen LogP contribution in [-0.2, 0) is 0 Å². The fraction of sp³-hybridized carbons (Fsp3) is 0.0545. The van der Waals surface area contributed by atoms with Gasteiger partial charge in [-0.15, -0.1) is 0 Å². The first-order valence-corrected chi connectivity index (χ1v) is 20.8. The van der Waals surface area contributed by atoms with Crippen LogP contribution >= 0.6 is 0 Å². The van der Waals surface area contributed by atoms with Crippen LogP contribution in [0.15, 0.2) is 188 Å². The molecule has 0 amide bonds. The Kier molecular flexibility index (Phi) is 6.99. The minimum atomic E-state index is 0.355. The van der Waals surface area contributed by atoms with Crippen molar-refractivity contribution in [2.45, 2.75) is 13.3 Å². The first-order valence-electron chi connectivity index (χ1n) is 20.8. The van der Waals surface area contributed by atoms with Gasteiger partial charge in [0.1, 0.15) is 0 Å². The average Bonchev–Trinajstić information content (AvgIpc) is 3.94. The van der Waals surface area contributed by atoms with Crippen molar-refractivity contribution in [3.05, 3.63) is 194 Å². The fourth-order valence-electron chi connectivity index (χ4n) is 10.3. The number of hydrogen-bond donors (Lipinski definition) is 0. The number of hydrogen-bond acceptors (Lipinski definition) is 2. The van der Waals surface area contributed by atoms with Gasteiger partial charge in [-0.3, -0.25) is 4.57 Å². The van der Waals surface area contributed by atoms with Gasteiger partial charge in [0.05, 0.1) is 55.7 Å². The lowest BCUT2D eigenvalue weighted by Crippen LogP contribution is -2.08. The third-order valence-corrected chi connectivity index (χ3v) is 12.9. The number of nitrogens with zero attached hydrogens (tertiary/aromatic N) is 5. The Morgan fingerprint density at radius 3 is 1.67 bits per heavy atom. The van der Waals surface area contributed by atoms with Gasteiger partial charge in [-0.05, 0) is 77.9 Å². The summed E-state index contributed by atoms with van der Waals surface area (Å²) in [4.78, 5) is 10.8. The minimum absolute atomic E-state index is 0.355. The number of allylic oxidation sites excluding steroid dienone is 4. The Morgan fingerprint density at radius 1 is 0.433 bits per heavy atom. The van der Waals surface area contributed by atoms with Crippen molar-refractivity contribution in [2.75, 3.05) is 0 Å². The molecule has 0 fully saturated rings. The molecule has 4 aromatic heterocycles. The highest BCUT2D eigenvalue weighted by atomic mass is 15.2. The summed E-state index contributed by atoms with van der Waals surface area (Å²) in [6.45, 7) is 2.29. The van der Waals surface area contributed by atoms with Crippen LogP contribution in [0.1, 0.15) is 19.0 Å². The van der Waals surface area contributed by atoms with Crippen molar-refractivity contribution < 1.29 is 0 Å². The summed E-state index contributed by atoms with van der Waals surface area (Å²) in [7, 11) is 0. The van der Waals surface area contributed by atoms with Crippen molar-refractivity contribution in [3.63, 3.8) is 0 Å². The maximum Gasteiger partial charge on any atom is 0.235 e. The molecule has 5 nitrogen and oxygen atoms in total. The molecule has 1 aliphatic carbocycles. The number of aromatic nitrogens is 5. The van der Waals surface area contributed by atoms with E-state index >= 15 is 0 Å². The molecule has 13 rings (SSSR count). The van der Waals surface area contributed by atoms with E-state index in [1.54, 1.807) is 0 Å². The fourth-order valence-corrected chi connectivity index (χ4v) is 10.3. The molecular formula is C55H37N5. The van der Waals surface area contributed by atoms with E-state index in [1.807, 2.05) is 0 Å². The summed E-state index contributed by atoms with van der Waals surface area (Å²) in [5, 5.41) is 10.9. The molecule has 1 atom stereocenters. The molecule has 1 aliphatic rings. The molecule has 0 radical (unpaired) electrons. The second kappa shape index (κ2) is 12.6. The van der Waals surface area contributed by atoms with Crippen LogP contribution < -0.4 is 0 Å². The molecular weight excluding hydrogens is 731 g/mol. The van der Waals surface area contributed by atoms with E-state index in [0.29, 0.717) is 11.9 Å². The number of para-hydroxylation sites is 4. The Labute approximate surface area is 345 Å². The smallest absolute Gasteiger partial charge is 0.235 e. The van der Waals surface area contributed by atoms with Gasteiger partial charge in [-0.25, -0.2) is 9.97 Å². The average molecular weight is 768 g/mol. The maximum atomic E-state index is 5.46. The second-order valence-corrected chi connectivity index (χ2v) is 16.2. The van der Waals surface area contributed by atoms with Crippen LogP contribution in [0.4, 0.5) is 0 Å². The van der Waals surface area contributed by atoms with Gasteiger partial charge in [-0.1, -0.05) is 140 Å². The van der Waals surface area contributed by atoms with Gasteiger partial charge in [0.25, 0.3) is 0 Å². The summed E-state index contributed by atoms with van der Waals surface area (Å²) in [5.74, 6) is 1.04. The van der Waals surface area contributed by atoms with Gasteiger partial charge >= 0.3 is 0 Å². The molecule has 282 valence electrons. The van der Waals surface area contributed by atoms with E-state index in [4.69, 9.17) is 9.97 Å². The zero-order chi connectivity index (χ0) is 39.5. The number of fused-ring (bicyclic) bond motifs is 12. The predicted octanol–water partition coefficient (Wildman–Crippen LogP) is 14.1. The molecule has 4 heterocycles. The van der Waals surface area contributed by atoms with Crippen LogP contribution in [-0.4, -0.2) is 23.7 Å². The molecule has 0 saturated carbocycles. The summed E-state index contributed by atoms with van der Waals surface area (Å²) in [6.07, 6.45) is 7.64. The van der Waals surface area contributed by atoms with Crippen molar-refractivity contribution >= 4 is 92.7 Å². The quantitative estimate of drug-likeness (QED) is 0.179. The van der Waals surface area contributed by atoms with Crippen molar-refractivity contribution in [2.24, 2.45) is 5.92 Å². The van der Waals surface area contributed by atoms with E-state index in [2.05, 4.69) is 209 Å². The minimum Gasteiger partial charge on any atom is -0.309 e. The van der Waals surface area contributed by atoms with Gasteiger partial charge in [0, 0.05) is 43.1 Å². The van der Waals surface area contributed by atoms with Crippen LogP contribution in [0.25, 0.3) is 110 Å². The highest BCUT2D eigenvalue weighted by Gasteiger charge is 2.25. The topological polar surface area (TPSA) is 40.6 Å². The first-order chi connectivity index (χ1) is 29.7. The molecule has 0 bridgehead atoms. The molecule has 12 aromatic rings. The standard InChI is InChI=1S/C55H37N5/c1-34-16-2-4-19-36(34)54-38-21-6-10-25-42(38)56-55(57-54)60-46-28-13-7-22-39(46)51-47(30-15-31-48(51)60)59-45-27-12-9-24-41(45)53-50(59)33-32-49-52(53)40-23-8-11-26-44(40)58(49)43-29-14-18-35-17-3-5-20-37(35)43/h2-15,17-34H,16H2,1H3. The van der Waals surface area contributed by atoms with Crippen LogP contribution in [0.3, 0.4) is 0 Å². The molecule has 5 heteroatoms. The number of benzene rings is 8. The SMILES string of the molecule is CC1CC=CC=C1c1nc(-n2c3ccccc3c3c(-n4c5ccccc5c5c6c7ccccc7n(-c7cccc8ccccc78)c6ccc54)cccc32)nc2ccccc12. The van der Waals surface area contributed by atoms with E-state index in [1.165, 1.54) is 71.0 Å². The summed E-state index contributed by atoms with van der Waals surface area (Å²) >= 11 is 0. The largest absolute Gasteiger partial charge is 0.309 e. The first kappa shape index (κ1) is 33.2. The predicted molar refractivity (Wildman–Crippen MR) is 251 cm³/mol. The highest BCUT2D eigenvalue weighted by molar-refractivity contribution is 6.29. The zero-order valence-electron chi connectivity index (χ0n) is 32.9. The summed E-state index contributed by atoms with van der Waals surface area (Å²) < 4.78 is 7.23. The van der Waals surface area contributed by atoms with Crippen molar-refractivity contribution in [1.29, 1.82) is 0 Å². The lowest BCUT2D eigenvalue weighted by molar-refractivity contribution is 0.754. The Bertz CT molecular complexity index is 3830. The van der Waals surface area contributed by atoms with E-state index in [0.717, 1.165) is 45.1 Å². The summed E-state index contributed by atoms with van der Waals surface area (Å²) in [5.41, 5.74) is 12.4. The van der Waals surface area contributed by atoms with Crippen molar-refractivity contribution in [3.8, 4) is 17.3 Å². The van der Waals surface area contributed by atoms with Gasteiger partial charge in [0.2, 0.25) is 5.95 Å². The second-order valence-electron chi connectivity index (χ2n) is 16.2. The number of rotatable bonds is 4. The van der Waals surface area contributed by atoms with E-state index < -0.39 is 0 Å². The third kappa shape index (κ3) is 4.57.